The van der Waals surface area contributed by atoms with Crippen LogP contribution in [0.15, 0.2) is 12.4 Å². The van der Waals surface area contributed by atoms with Gasteiger partial charge < -0.3 is 14.8 Å². The highest BCUT2D eigenvalue weighted by Crippen LogP contribution is 2.39. The molecule has 1 aliphatic carbocycles. The molecule has 2 bridgehead atoms. The highest BCUT2D eigenvalue weighted by atomic mass is 16.7. The van der Waals surface area contributed by atoms with Crippen molar-refractivity contribution >= 4 is 0 Å². The molecule has 0 spiro atoms. The molecule has 1 aromatic heterocycles. The fourth-order valence-corrected chi connectivity index (χ4v) is 2.48. The first kappa shape index (κ1) is 9.15. The van der Waals surface area contributed by atoms with Gasteiger partial charge in [0.2, 0.25) is 5.79 Å². The van der Waals surface area contributed by atoms with Crippen LogP contribution in [-0.4, -0.2) is 35.6 Å². The number of fused-ring (bicyclic) bond motifs is 2. The second-order valence-electron chi connectivity index (χ2n) is 4.87. The van der Waals surface area contributed by atoms with Crippen LogP contribution in [0.5, 0.6) is 0 Å². The molecule has 1 saturated carbocycles. The van der Waals surface area contributed by atoms with Crippen molar-refractivity contribution in [3.63, 3.8) is 0 Å². The summed E-state index contributed by atoms with van der Waals surface area (Å²) in [5.41, 5.74) is 1.05. The van der Waals surface area contributed by atoms with Crippen molar-refractivity contribution in [2.75, 3.05) is 19.7 Å². The van der Waals surface area contributed by atoms with Crippen molar-refractivity contribution in [1.29, 1.82) is 0 Å². The van der Waals surface area contributed by atoms with E-state index in [1.54, 1.807) is 0 Å². The van der Waals surface area contributed by atoms with E-state index in [-0.39, 0.29) is 6.10 Å². The number of nitrogens with one attached hydrogen (secondary N) is 1. The fraction of sp³-hybridized carbons (Fsp3) is 0.727. The molecule has 5 nitrogen and oxygen atoms in total. The molecule has 2 aliphatic heterocycles. The highest BCUT2D eigenvalue weighted by molar-refractivity contribution is 5.16. The Bertz CT molecular complexity index is 411. The van der Waals surface area contributed by atoms with Crippen molar-refractivity contribution in [2.24, 2.45) is 0 Å². The van der Waals surface area contributed by atoms with E-state index in [0.717, 1.165) is 18.7 Å². The number of morpholine rings is 1. The van der Waals surface area contributed by atoms with Crippen LogP contribution in [0.1, 0.15) is 24.4 Å². The molecule has 5 heteroatoms. The van der Waals surface area contributed by atoms with Gasteiger partial charge in [0.1, 0.15) is 0 Å². The molecule has 1 N–H and O–H groups in total. The van der Waals surface area contributed by atoms with Gasteiger partial charge in [-0.2, -0.15) is 5.10 Å². The second-order valence-corrected chi connectivity index (χ2v) is 4.87. The number of ether oxygens (including phenoxy) is 2. The molecule has 86 valence electrons. The Morgan fingerprint density at radius 1 is 1.50 bits per heavy atom. The molecule has 2 atom stereocenters. The molecular weight excluding hydrogens is 206 g/mol. The number of hydrogen-bond donors (Lipinski definition) is 1. The van der Waals surface area contributed by atoms with Crippen LogP contribution in [0.4, 0.5) is 0 Å². The number of hydrogen-bond acceptors (Lipinski definition) is 4. The van der Waals surface area contributed by atoms with Crippen LogP contribution in [-0.2, 0) is 15.3 Å². The Morgan fingerprint density at radius 2 is 2.44 bits per heavy atom. The molecule has 0 aromatic carbocycles. The van der Waals surface area contributed by atoms with Gasteiger partial charge in [-0.15, -0.1) is 0 Å². The van der Waals surface area contributed by atoms with E-state index in [1.807, 2.05) is 10.9 Å². The predicted molar refractivity (Wildman–Crippen MR) is 55.9 cm³/mol. The van der Waals surface area contributed by atoms with Crippen LogP contribution in [0.25, 0.3) is 0 Å². The Hall–Kier alpha value is -0.910. The summed E-state index contributed by atoms with van der Waals surface area (Å²) in [5, 5.41) is 7.75. The smallest absolute Gasteiger partial charge is 0.211 e. The van der Waals surface area contributed by atoms with Crippen LogP contribution in [0.2, 0.25) is 0 Å². The molecule has 4 rings (SSSR count). The SMILES string of the molecule is c1nn(C2CC2)cc1[C@]12CNC[C@H](CO1)O2. The lowest BCUT2D eigenvalue weighted by Crippen LogP contribution is -2.46. The van der Waals surface area contributed by atoms with E-state index < -0.39 is 5.79 Å². The molecule has 0 amide bonds. The fourth-order valence-electron chi connectivity index (χ4n) is 2.48. The number of aromatic nitrogens is 2. The van der Waals surface area contributed by atoms with Gasteiger partial charge in [0.15, 0.2) is 0 Å². The summed E-state index contributed by atoms with van der Waals surface area (Å²) in [7, 11) is 0. The number of nitrogens with zero attached hydrogens (tertiary/aromatic N) is 2. The highest BCUT2D eigenvalue weighted by Gasteiger charge is 2.47. The topological polar surface area (TPSA) is 48.3 Å². The van der Waals surface area contributed by atoms with E-state index in [2.05, 4.69) is 16.6 Å². The first-order chi connectivity index (χ1) is 7.86. The molecule has 3 aliphatic rings. The lowest BCUT2D eigenvalue weighted by Gasteiger charge is -2.31. The zero-order valence-electron chi connectivity index (χ0n) is 9.06. The Labute approximate surface area is 93.7 Å². The minimum Gasteiger partial charge on any atom is -0.342 e. The van der Waals surface area contributed by atoms with Gasteiger partial charge in [0, 0.05) is 12.7 Å². The third-order valence-electron chi connectivity index (χ3n) is 3.55. The van der Waals surface area contributed by atoms with E-state index in [9.17, 15) is 0 Å². The summed E-state index contributed by atoms with van der Waals surface area (Å²) in [6.07, 6.45) is 6.65. The van der Waals surface area contributed by atoms with Gasteiger partial charge >= 0.3 is 0 Å². The van der Waals surface area contributed by atoms with Crippen molar-refractivity contribution in [1.82, 2.24) is 15.1 Å². The third kappa shape index (κ3) is 1.25. The van der Waals surface area contributed by atoms with Gasteiger partial charge in [0.25, 0.3) is 0 Å². The maximum Gasteiger partial charge on any atom is 0.211 e. The predicted octanol–water partition coefficient (Wildman–Crippen LogP) is 0.389. The maximum atomic E-state index is 5.95. The molecule has 0 radical (unpaired) electrons. The zero-order valence-corrected chi connectivity index (χ0v) is 9.06. The average Bonchev–Trinajstić information content (AvgIpc) is 2.96. The largest absolute Gasteiger partial charge is 0.342 e. The zero-order chi connectivity index (χ0) is 10.6. The minimum absolute atomic E-state index is 0.193. The standard InChI is InChI=1S/C11H15N3O2/c1-2-9(1)14-5-8(3-13-14)11-7-12-4-10(16-11)6-15-11/h3,5,9-10,12H,1-2,4,6-7H2/t10-,11-/m1/s1. The Kier molecular flexibility index (Phi) is 1.75. The summed E-state index contributed by atoms with van der Waals surface area (Å²) in [4.78, 5) is 0. The number of rotatable bonds is 2. The van der Waals surface area contributed by atoms with E-state index in [4.69, 9.17) is 9.47 Å². The third-order valence-corrected chi connectivity index (χ3v) is 3.55. The first-order valence-electron chi connectivity index (χ1n) is 5.93. The van der Waals surface area contributed by atoms with Crippen LogP contribution in [0, 0.1) is 0 Å². The van der Waals surface area contributed by atoms with Gasteiger partial charge in [-0.05, 0) is 12.8 Å². The molecule has 2 saturated heterocycles. The van der Waals surface area contributed by atoms with Crippen LogP contribution < -0.4 is 5.32 Å². The molecule has 16 heavy (non-hydrogen) atoms. The van der Waals surface area contributed by atoms with Gasteiger partial charge in [0.05, 0.1) is 37.1 Å². The Balaban J connectivity index is 1.67. The normalized spacial score (nSPS) is 37.9. The lowest BCUT2D eigenvalue weighted by atomic mass is 10.1. The molecular formula is C11H15N3O2. The summed E-state index contributed by atoms with van der Waals surface area (Å²) < 4.78 is 13.8. The quantitative estimate of drug-likeness (QED) is 0.785. The average molecular weight is 221 g/mol. The van der Waals surface area contributed by atoms with Crippen molar-refractivity contribution < 1.29 is 9.47 Å². The monoisotopic (exact) mass is 221 g/mol. The summed E-state index contributed by atoms with van der Waals surface area (Å²) in [5.74, 6) is -0.573. The van der Waals surface area contributed by atoms with Crippen LogP contribution >= 0.6 is 0 Å². The molecule has 0 unspecified atom stereocenters. The Morgan fingerprint density at radius 3 is 3.31 bits per heavy atom. The van der Waals surface area contributed by atoms with E-state index in [1.165, 1.54) is 12.8 Å². The van der Waals surface area contributed by atoms with Gasteiger partial charge in [-0.3, -0.25) is 4.68 Å². The van der Waals surface area contributed by atoms with Crippen LogP contribution in [0.3, 0.4) is 0 Å². The van der Waals surface area contributed by atoms with E-state index in [0.29, 0.717) is 12.6 Å². The van der Waals surface area contributed by atoms with E-state index >= 15 is 0 Å². The van der Waals surface area contributed by atoms with Crippen molar-refractivity contribution in [2.45, 2.75) is 30.8 Å². The van der Waals surface area contributed by atoms with Gasteiger partial charge in [-0.1, -0.05) is 0 Å². The lowest BCUT2D eigenvalue weighted by molar-refractivity contribution is -0.186. The maximum absolute atomic E-state index is 5.95. The van der Waals surface area contributed by atoms with Crippen molar-refractivity contribution in [3.8, 4) is 0 Å². The summed E-state index contributed by atoms with van der Waals surface area (Å²) in [6, 6.07) is 0.610. The van der Waals surface area contributed by atoms with Crippen molar-refractivity contribution in [3.05, 3.63) is 18.0 Å². The summed E-state index contributed by atoms with van der Waals surface area (Å²) >= 11 is 0. The van der Waals surface area contributed by atoms with Gasteiger partial charge in [-0.25, -0.2) is 0 Å². The molecule has 1 aromatic rings. The molecule has 3 heterocycles. The summed E-state index contributed by atoms with van der Waals surface area (Å²) in [6.45, 7) is 2.29. The second kappa shape index (κ2) is 3.06. The first-order valence-corrected chi connectivity index (χ1v) is 5.93. The molecule has 3 fully saturated rings. The minimum atomic E-state index is -0.573.